The maximum Gasteiger partial charge on any atom is 0.416 e. The highest BCUT2D eigenvalue weighted by Crippen LogP contribution is 2.30. The molecule has 3 rings (SSSR count). The number of rotatable bonds is 7. The molecule has 0 aliphatic rings. The number of hydrogen-bond donors (Lipinski definition) is 2. The van der Waals surface area contributed by atoms with Crippen LogP contribution in [0.3, 0.4) is 0 Å². The van der Waals surface area contributed by atoms with Crippen LogP contribution in [0.15, 0.2) is 60.8 Å². The Morgan fingerprint density at radius 3 is 2.46 bits per heavy atom. The summed E-state index contributed by atoms with van der Waals surface area (Å²) in [6.07, 6.45) is -2.05. The monoisotopic (exact) mass is 388 g/mol. The van der Waals surface area contributed by atoms with Crippen molar-refractivity contribution in [2.45, 2.75) is 12.6 Å². The van der Waals surface area contributed by atoms with Crippen molar-refractivity contribution in [1.29, 1.82) is 0 Å². The molecule has 146 valence electrons. The predicted octanol–water partition coefficient (Wildman–Crippen LogP) is 4.90. The summed E-state index contributed by atoms with van der Waals surface area (Å²) in [6.45, 7) is 0.601. The van der Waals surface area contributed by atoms with Crippen molar-refractivity contribution in [3.63, 3.8) is 0 Å². The summed E-state index contributed by atoms with van der Waals surface area (Å²) in [7, 11) is 1.63. The third-order valence-electron chi connectivity index (χ3n) is 4.01. The first kappa shape index (κ1) is 19.5. The normalized spacial score (nSPS) is 11.1. The fraction of sp³-hybridized carbons (Fsp3) is 0.200. The van der Waals surface area contributed by atoms with E-state index < -0.39 is 11.7 Å². The fourth-order valence-electron chi connectivity index (χ4n) is 2.62. The molecule has 0 spiro atoms. The van der Waals surface area contributed by atoms with Gasteiger partial charge in [-0.05, 0) is 48.4 Å². The Morgan fingerprint density at radius 1 is 1.00 bits per heavy atom. The van der Waals surface area contributed by atoms with Crippen LogP contribution in [-0.4, -0.2) is 23.6 Å². The second-order valence-electron chi connectivity index (χ2n) is 5.95. The Morgan fingerprint density at radius 2 is 1.75 bits per heavy atom. The van der Waals surface area contributed by atoms with Crippen molar-refractivity contribution in [2.24, 2.45) is 0 Å². The van der Waals surface area contributed by atoms with E-state index in [9.17, 15) is 13.2 Å². The van der Waals surface area contributed by atoms with Crippen LogP contribution in [0.5, 0.6) is 5.75 Å². The molecule has 0 bridgehead atoms. The molecule has 0 amide bonds. The Balaban J connectivity index is 1.59. The van der Waals surface area contributed by atoms with Gasteiger partial charge in [-0.2, -0.15) is 18.2 Å². The molecule has 0 aliphatic carbocycles. The second kappa shape index (κ2) is 8.60. The van der Waals surface area contributed by atoms with Crippen molar-refractivity contribution in [1.82, 2.24) is 9.97 Å². The van der Waals surface area contributed by atoms with Crippen molar-refractivity contribution < 1.29 is 17.9 Å². The van der Waals surface area contributed by atoms with Gasteiger partial charge in [0, 0.05) is 18.4 Å². The zero-order valence-corrected chi connectivity index (χ0v) is 15.1. The SMILES string of the molecule is COc1ccccc1CCNc1nccc(Nc2ccc(C(F)(F)F)cc2)n1. The summed E-state index contributed by atoms with van der Waals surface area (Å²) in [5.41, 5.74) is 0.877. The molecule has 1 heterocycles. The summed E-state index contributed by atoms with van der Waals surface area (Å²) in [6, 6.07) is 14.2. The van der Waals surface area contributed by atoms with Crippen molar-refractivity contribution in [3.8, 4) is 5.75 Å². The van der Waals surface area contributed by atoms with Gasteiger partial charge < -0.3 is 15.4 Å². The third-order valence-corrected chi connectivity index (χ3v) is 4.01. The lowest BCUT2D eigenvalue weighted by Crippen LogP contribution is -2.09. The summed E-state index contributed by atoms with van der Waals surface area (Å²) >= 11 is 0. The minimum atomic E-state index is -4.36. The highest BCUT2D eigenvalue weighted by atomic mass is 19.4. The number of ether oxygens (including phenoxy) is 1. The molecular formula is C20H19F3N4O. The number of halogens is 3. The molecule has 0 saturated carbocycles. The zero-order chi connectivity index (χ0) is 20.0. The summed E-state index contributed by atoms with van der Waals surface area (Å²) in [5, 5.41) is 6.10. The van der Waals surface area contributed by atoms with Gasteiger partial charge in [0.1, 0.15) is 11.6 Å². The maximum absolute atomic E-state index is 12.6. The van der Waals surface area contributed by atoms with Crippen LogP contribution in [0.4, 0.5) is 30.6 Å². The van der Waals surface area contributed by atoms with Gasteiger partial charge in [0.15, 0.2) is 0 Å². The largest absolute Gasteiger partial charge is 0.496 e. The van der Waals surface area contributed by atoms with Gasteiger partial charge in [-0.15, -0.1) is 0 Å². The lowest BCUT2D eigenvalue weighted by molar-refractivity contribution is -0.137. The van der Waals surface area contributed by atoms with Crippen LogP contribution in [0, 0.1) is 0 Å². The van der Waals surface area contributed by atoms with E-state index in [1.165, 1.54) is 12.1 Å². The van der Waals surface area contributed by atoms with Gasteiger partial charge >= 0.3 is 6.18 Å². The van der Waals surface area contributed by atoms with Gasteiger partial charge in [-0.3, -0.25) is 0 Å². The predicted molar refractivity (Wildman–Crippen MR) is 102 cm³/mol. The van der Waals surface area contributed by atoms with Gasteiger partial charge in [0.05, 0.1) is 12.7 Å². The van der Waals surface area contributed by atoms with E-state index in [2.05, 4.69) is 20.6 Å². The Labute approximate surface area is 160 Å². The number of nitrogens with one attached hydrogen (secondary N) is 2. The van der Waals surface area contributed by atoms with Crippen LogP contribution in [0.25, 0.3) is 0 Å². The van der Waals surface area contributed by atoms with E-state index in [-0.39, 0.29) is 0 Å². The maximum atomic E-state index is 12.6. The lowest BCUT2D eigenvalue weighted by atomic mass is 10.1. The molecule has 0 radical (unpaired) electrons. The van der Waals surface area contributed by atoms with E-state index >= 15 is 0 Å². The lowest BCUT2D eigenvalue weighted by Gasteiger charge is -2.11. The molecule has 0 aliphatic heterocycles. The van der Waals surface area contributed by atoms with Gasteiger partial charge in [0.2, 0.25) is 5.95 Å². The van der Waals surface area contributed by atoms with Crippen molar-refractivity contribution in [2.75, 3.05) is 24.3 Å². The Bertz CT molecular complexity index is 914. The van der Waals surface area contributed by atoms with E-state index in [1.807, 2.05) is 24.3 Å². The number of benzene rings is 2. The first-order valence-corrected chi connectivity index (χ1v) is 8.59. The van der Waals surface area contributed by atoms with E-state index in [1.54, 1.807) is 19.4 Å². The minimum absolute atomic E-state index is 0.423. The molecule has 0 atom stereocenters. The Hall–Kier alpha value is -3.29. The van der Waals surface area contributed by atoms with Gasteiger partial charge in [0.25, 0.3) is 0 Å². The molecule has 1 aromatic heterocycles. The van der Waals surface area contributed by atoms with E-state index in [0.29, 0.717) is 24.0 Å². The first-order chi connectivity index (χ1) is 13.5. The molecule has 0 saturated heterocycles. The smallest absolute Gasteiger partial charge is 0.416 e. The molecule has 2 aromatic carbocycles. The second-order valence-corrected chi connectivity index (χ2v) is 5.95. The molecule has 8 heteroatoms. The highest BCUT2D eigenvalue weighted by molar-refractivity contribution is 5.57. The molecule has 5 nitrogen and oxygen atoms in total. The minimum Gasteiger partial charge on any atom is -0.496 e. The number of anilines is 3. The molecule has 3 aromatic rings. The standard InChI is InChI=1S/C20H19F3N4O/c1-28-17-5-3-2-4-14(17)10-12-24-19-25-13-11-18(27-19)26-16-8-6-15(7-9-16)20(21,22)23/h2-9,11,13H,10,12H2,1H3,(H2,24,25,26,27). The summed E-state index contributed by atoms with van der Waals surface area (Å²) in [4.78, 5) is 8.49. The van der Waals surface area contributed by atoms with Crippen LogP contribution in [0.1, 0.15) is 11.1 Å². The van der Waals surface area contributed by atoms with Gasteiger partial charge in [-0.1, -0.05) is 18.2 Å². The third kappa shape index (κ3) is 5.12. The Kier molecular flexibility index (Phi) is 5.98. The molecule has 0 unspecified atom stereocenters. The van der Waals surface area contributed by atoms with Crippen LogP contribution < -0.4 is 15.4 Å². The molecule has 2 N–H and O–H groups in total. The van der Waals surface area contributed by atoms with Crippen LogP contribution in [0.2, 0.25) is 0 Å². The van der Waals surface area contributed by atoms with Crippen LogP contribution >= 0.6 is 0 Å². The number of nitrogens with zero attached hydrogens (tertiary/aromatic N) is 2. The van der Waals surface area contributed by atoms with Crippen molar-refractivity contribution in [3.05, 3.63) is 71.9 Å². The molecule has 28 heavy (non-hydrogen) atoms. The van der Waals surface area contributed by atoms with Crippen molar-refractivity contribution >= 4 is 17.5 Å². The van der Waals surface area contributed by atoms with E-state index in [4.69, 9.17) is 4.74 Å². The summed E-state index contributed by atoms with van der Waals surface area (Å²) in [5.74, 6) is 1.73. The number of methoxy groups -OCH3 is 1. The number of alkyl halides is 3. The molecule has 0 fully saturated rings. The number of aromatic nitrogens is 2. The highest BCUT2D eigenvalue weighted by Gasteiger charge is 2.29. The summed E-state index contributed by atoms with van der Waals surface area (Å²) < 4.78 is 43.2. The van der Waals surface area contributed by atoms with E-state index in [0.717, 1.165) is 29.9 Å². The zero-order valence-electron chi connectivity index (χ0n) is 15.1. The topological polar surface area (TPSA) is 59.1 Å². The number of hydrogen-bond acceptors (Lipinski definition) is 5. The van der Waals surface area contributed by atoms with Gasteiger partial charge in [-0.25, -0.2) is 4.98 Å². The van der Waals surface area contributed by atoms with Crippen LogP contribution in [-0.2, 0) is 12.6 Å². The average Bonchev–Trinajstić information content (AvgIpc) is 2.68. The average molecular weight is 388 g/mol. The number of para-hydroxylation sites is 1. The molecular weight excluding hydrogens is 369 g/mol. The quantitative estimate of drug-likeness (QED) is 0.603. The first-order valence-electron chi connectivity index (χ1n) is 8.59. The fourth-order valence-corrected chi connectivity index (χ4v) is 2.62.